The molecule has 0 spiro atoms. The van der Waals surface area contributed by atoms with Crippen molar-refractivity contribution >= 4 is 17.5 Å². The molecule has 162 valence electrons. The number of aromatic nitrogens is 3. The van der Waals surface area contributed by atoms with Gasteiger partial charge in [0, 0.05) is 19.0 Å². The van der Waals surface area contributed by atoms with E-state index in [4.69, 9.17) is 11.6 Å². The lowest BCUT2D eigenvalue weighted by Gasteiger charge is -2.36. The van der Waals surface area contributed by atoms with Crippen molar-refractivity contribution < 1.29 is 18.0 Å². The van der Waals surface area contributed by atoms with E-state index in [1.807, 2.05) is 48.7 Å². The summed E-state index contributed by atoms with van der Waals surface area (Å²) >= 11 is 6.05. The van der Waals surface area contributed by atoms with Crippen LogP contribution in [0.2, 0.25) is 5.02 Å². The van der Waals surface area contributed by atoms with Crippen LogP contribution in [-0.2, 0) is 12.7 Å². The van der Waals surface area contributed by atoms with Gasteiger partial charge in [-0.15, -0.1) is 10.2 Å². The zero-order valence-corrected chi connectivity index (χ0v) is 17.7. The summed E-state index contributed by atoms with van der Waals surface area (Å²) in [5.41, 5.74) is -0.421. The molecule has 0 saturated heterocycles. The largest absolute Gasteiger partial charge is 0.417 e. The maximum absolute atomic E-state index is 13.5. The van der Waals surface area contributed by atoms with E-state index >= 15 is 0 Å². The van der Waals surface area contributed by atoms with E-state index in [2.05, 4.69) is 10.2 Å². The van der Waals surface area contributed by atoms with E-state index < -0.39 is 28.7 Å². The Balaban J connectivity index is 1.82. The van der Waals surface area contributed by atoms with Gasteiger partial charge in [0.15, 0.2) is 5.82 Å². The van der Waals surface area contributed by atoms with Crippen molar-refractivity contribution in [3.05, 3.63) is 81.9 Å². The molecule has 1 amide bonds. The number of amides is 1. The van der Waals surface area contributed by atoms with E-state index in [1.165, 1.54) is 17.0 Å². The van der Waals surface area contributed by atoms with Gasteiger partial charge >= 0.3 is 6.18 Å². The molecular weight excluding hydrogens is 429 g/mol. The predicted molar refractivity (Wildman–Crippen MR) is 110 cm³/mol. The van der Waals surface area contributed by atoms with Gasteiger partial charge in [-0.2, -0.15) is 13.2 Å². The van der Waals surface area contributed by atoms with Crippen molar-refractivity contribution in [3.8, 4) is 0 Å². The first-order valence-corrected chi connectivity index (χ1v) is 10.2. The van der Waals surface area contributed by atoms with Crippen LogP contribution in [0, 0.1) is 0 Å². The number of alkyl halides is 3. The maximum atomic E-state index is 13.5. The van der Waals surface area contributed by atoms with Gasteiger partial charge in [0.1, 0.15) is 11.9 Å². The fraction of sp³-hybridized carbons (Fsp3) is 0.318. The fourth-order valence-electron chi connectivity index (χ4n) is 3.92. The Morgan fingerprint density at radius 2 is 1.77 bits per heavy atom. The molecule has 0 fully saturated rings. The lowest BCUT2D eigenvalue weighted by Crippen LogP contribution is -2.43. The molecule has 1 atom stereocenters. The number of fused-ring (bicyclic) bond motifs is 1. The zero-order valence-electron chi connectivity index (χ0n) is 16.9. The lowest BCUT2D eigenvalue weighted by molar-refractivity contribution is -0.137. The molecule has 1 aliphatic rings. The van der Waals surface area contributed by atoms with Crippen LogP contribution in [0.3, 0.4) is 0 Å². The van der Waals surface area contributed by atoms with E-state index in [9.17, 15) is 18.0 Å². The van der Waals surface area contributed by atoms with Gasteiger partial charge in [-0.3, -0.25) is 4.79 Å². The van der Waals surface area contributed by atoms with Crippen molar-refractivity contribution in [1.82, 2.24) is 19.7 Å². The number of hydrogen-bond donors (Lipinski definition) is 0. The summed E-state index contributed by atoms with van der Waals surface area (Å²) < 4.78 is 41.9. The van der Waals surface area contributed by atoms with Crippen LogP contribution in [0.4, 0.5) is 13.2 Å². The highest BCUT2D eigenvalue weighted by molar-refractivity contribution is 6.34. The number of carbonyl (C=O) groups excluding carboxylic acids is 1. The van der Waals surface area contributed by atoms with Crippen molar-refractivity contribution in [2.45, 2.75) is 38.5 Å². The summed E-state index contributed by atoms with van der Waals surface area (Å²) in [5.74, 6) is 0.945. The van der Waals surface area contributed by atoms with E-state index in [0.717, 1.165) is 17.5 Å². The second kappa shape index (κ2) is 8.00. The molecule has 0 bridgehead atoms. The number of nitrogens with zero attached hydrogens (tertiary/aromatic N) is 4. The van der Waals surface area contributed by atoms with Crippen LogP contribution in [0.1, 0.15) is 58.9 Å². The van der Waals surface area contributed by atoms with Crippen molar-refractivity contribution in [2.75, 3.05) is 6.54 Å². The molecule has 0 N–H and O–H groups in total. The Kier molecular flexibility index (Phi) is 5.51. The molecule has 1 aromatic heterocycles. The minimum absolute atomic E-state index is 0.137. The first kappa shape index (κ1) is 21.4. The van der Waals surface area contributed by atoms with Gasteiger partial charge in [0.05, 0.1) is 16.1 Å². The van der Waals surface area contributed by atoms with Gasteiger partial charge in [0.2, 0.25) is 0 Å². The SMILES string of the molecule is CC(C)c1nnc2n1CCN(C(=O)c1cccc(C(F)(F)F)c1Cl)C2c1ccccc1. The van der Waals surface area contributed by atoms with Gasteiger partial charge < -0.3 is 9.47 Å². The number of carbonyl (C=O) groups is 1. The van der Waals surface area contributed by atoms with E-state index in [1.54, 1.807) is 0 Å². The zero-order chi connectivity index (χ0) is 22.3. The van der Waals surface area contributed by atoms with E-state index in [-0.39, 0.29) is 18.0 Å². The van der Waals surface area contributed by atoms with Gasteiger partial charge in [0.25, 0.3) is 5.91 Å². The Morgan fingerprint density at radius 3 is 2.42 bits per heavy atom. The van der Waals surface area contributed by atoms with Crippen molar-refractivity contribution in [1.29, 1.82) is 0 Å². The Labute approximate surface area is 182 Å². The number of benzene rings is 2. The predicted octanol–water partition coefficient (Wildman–Crippen LogP) is 5.32. The van der Waals surface area contributed by atoms with Crippen LogP contribution < -0.4 is 0 Å². The average Bonchev–Trinajstić information content (AvgIpc) is 3.17. The fourth-order valence-corrected chi connectivity index (χ4v) is 4.23. The highest BCUT2D eigenvalue weighted by Crippen LogP contribution is 2.39. The molecule has 1 aliphatic heterocycles. The highest BCUT2D eigenvalue weighted by atomic mass is 35.5. The van der Waals surface area contributed by atoms with Gasteiger partial charge in [-0.05, 0) is 17.7 Å². The molecule has 1 unspecified atom stereocenters. The quantitative estimate of drug-likeness (QED) is 0.545. The maximum Gasteiger partial charge on any atom is 0.417 e. The monoisotopic (exact) mass is 448 g/mol. The number of rotatable bonds is 3. The summed E-state index contributed by atoms with van der Waals surface area (Å²) in [7, 11) is 0. The Morgan fingerprint density at radius 1 is 1.06 bits per heavy atom. The number of halogens is 4. The molecule has 3 aromatic rings. The highest BCUT2D eigenvalue weighted by Gasteiger charge is 2.39. The third-order valence-electron chi connectivity index (χ3n) is 5.36. The van der Waals surface area contributed by atoms with Crippen LogP contribution in [0.25, 0.3) is 0 Å². The molecule has 2 heterocycles. The van der Waals surface area contributed by atoms with Gasteiger partial charge in [-0.25, -0.2) is 0 Å². The van der Waals surface area contributed by atoms with Gasteiger partial charge in [-0.1, -0.05) is 61.8 Å². The standard InChI is InChI=1S/C22H20ClF3N4O/c1-13(2)19-27-28-20-18(14-7-4-3-5-8-14)29(11-12-30(19)20)21(31)15-9-6-10-16(17(15)23)22(24,25)26/h3-10,13,18H,11-12H2,1-2H3. The molecule has 2 aromatic carbocycles. The van der Waals surface area contributed by atoms with Crippen LogP contribution >= 0.6 is 11.6 Å². The third kappa shape index (κ3) is 3.80. The smallest absolute Gasteiger partial charge is 0.322 e. The molecule has 5 nitrogen and oxygen atoms in total. The summed E-state index contributed by atoms with van der Waals surface area (Å²) in [6, 6.07) is 12.1. The van der Waals surface area contributed by atoms with E-state index in [0.29, 0.717) is 12.4 Å². The minimum atomic E-state index is -4.65. The molecule has 0 saturated carbocycles. The average molecular weight is 449 g/mol. The molecule has 4 rings (SSSR count). The Bertz CT molecular complexity index is 1110. The summed E-state index contributed by atoms with van der Waals surface area (Å²) in [5, 5.41) is 8.06. The van der Waals surface area contributed by atoms with Crippen LogP contribution in [-0.4, -0.2) is 32.1 Å². The van der Waals surface area contributed by atoms with Crippen molar-refractivity contribution in [2.24, 2.45) is 0 Å². The summed E-state index contributed by atoms with van der Waals surface area (Å²) in [4.78, 5) is 15.0. The van der Waals surface area contributed by atoms with Crippen LogP contribution in [0.5, 0.6) is 0 Å². The molecule has 0 aliphatic carbocycles. The first-order chi connectivity index (χ1) is 14.7. The van der Waals surface area contributed by atoms with Crippen LogP contribution in [0.15, 0.2) is 48.5 Å². The molecular formula is C22H20ClF3N4O. The van der Waals surface area contributed by atoms with Crippen molar-refractivity contribution in [3.63, 3.8) is 0 Å². The lowest BCUT2D eigenvalue weighted by atomic mass is 10.00. The molecule has 0 radical (unpaired) electrons. The topological polar surface area (TPSA) is 51.0 Å². The third-order valence-corrected chi connectivity index (χ3v) is 5.76. The Hall–Kier alpha value is -2.87. The molecule has 31 heavy (non-hydrogen) atoms. The summed E-state index contributed by atoms with van der Waals surface area (Å²) in [6.45, 7) is 4.75. The second-order valence-electron chi connectivity index (χ2n) is 7.70. The normalized spacial score (nSPS) is 16.5. The minimum Gasteiger partial charge on any atom is -0.322 e. The first-order valence-electron chi connectivity index (χ1n) is 9.84. The second-order valence-corrected chi connectivity index (χ2v) is 8.08. The molecule has 9 heteroatoms. The summed E-state index contributed by atoms with van der Waals surface area (Å²) in [6.07, 6.45) is -4.65. The number of hydrogen-bond acceptors (Lipinski definition) is 3.